The van der Waals surface area contributed by atoms with E-state index in [4.69, 9.17) is 4.74 Å². The van der Waals surface area contributed by atoms with Gasteiger partial charge in [-0.1, -0.05) is 6.07 Å². The van der Waals surface area contributed by atoms with Crippen LogP contribution in [0.4, 0.5) is 0 Å². The van der Waals surface area contributed by atoms with Gasteiger partial charge in [-0.05, 0) is 88.2 Å². The van der Waals surface area contributed by atoms with E-state index in [-0.39, 0.29) is 11.8 Å². The molecule has 32 heavy (non-hydrogen) atoms. The molecule has 7 heteroatoms. The van der Waals surface area contributed by atoms with Gasteiger partial charge in [0.05, 0.1) is 6.10 Å². The second kappa shape index (κ2) is 10.0. The van der Waals surface area contributed by atoms with Crippen molar-refractivity contribution in [1.29, 1.82) is 0 Å². The first-order valence-electron chi connectivity index (χ1n) is 11.8. The van der Waals surface area contributed by atoms with Crippen LogP contribution in [-0.2, 0) is 9.53 Å². The monoisotopic (exact) mass is 440 g/mol. The lowest BCUT2D eigenvalue weighted by Crippen LogP contribution is -2.55. The van der Waals surface area contributed by atoms with Crippen LogP contribution in [0.15, 0.2) is 30.5 Å². The predicted molar refractivity (Wildman–Crippen MR) is 126 cm³/mol. The van der Waals surface area contributed by atoms with Gasteiger partial charge >= 0.3 is 0 Å². The van der Waals surface area contributed by atoms with Gasteiger partial charge in [0.2, 0.25) is 5.91 Å². The van der Waals surface area contributed by atoms with Crippen molar-refractivity contribution >= 4 is 22.7 Å². The van der Waals surface area contributed by atoms with Crippen molar-refractivity contribution in [3.8, 4) is 0 Å². The van der Waals surface area contributed by atoms with Gasteiger partial charge in [0, 0.05) is 37.5 Å². The lowest BCUT2D eigenvalue weighted by atomic mass is 9.79. The summed E-state index contributed by atoms with van der Waals surface area (Å²) in [6.07, 6.45) is 6.06. The molecule has 2 aliphatic heterocycles. The third-order valence-electron chi connectivity index (χ3n) is 7.49. The Labute approximate surface area is 190 Å². The summed E-state index contributed by atoms with van der Waals surface area (Å²) in [5, 5.41) is 3.99. The van der Waals surface area contributed by atoms with E-state index in [1.165, 1.54) is 25.9 Å². The maximum absolute atomic E-state index is 13.4. The molecule has 1 aromatic carbocycles. The third-order valence-corrected chi connectivity index (χ3v) is 7.49. The van der Waals surface area contributed by atoms with Crippen molar-refractivity contribution in [3.05, 3.63) is 36.0 Å². The highest BCUT2D eigenvalue weighted by Gasteiger charge is 2.35. The summed E-state index contributed by atoms with van der Waals surface area (Å²) >= 11 is 0. The van der Waals surface area contributed by atoms with E-state index in [9.17, 15) is 9.59 Å². The summed E-state index contributed by atoms with van der Waals surface area (Å²) in [5.41, 5.74) is 1.43. The molecule has 0 bridgehead atoms. The summed E-state index contributed by atoms with van der Waals surface area (Å²) in [6, 6.07) is 6.78. The van der Waals surface area contributed by atoms with E-state index in [2.05, 4.69) is 22.2 Å². The Morgan fingerprint density at radius 1 is 1.06 bits per heavy atom. The van der Waals surface area contributed by atoms with Crippen LogP contribution in [0.5, 0.6) is 0 Å². The lowest BCUT2D eigenvalue weighted by molar-refractivity contribution is -0.138. The van der Waals surface area contributed by atoms with Gasteiger partial charge in [0.15, 0.2) is 0 Å². The Bertz CT molecular complexity index is 926. The molecular weight excluding hydrogens is 404 g/mol. The van der Waals surface area contributed by atoms with Crippen molar-refractivity contribution in [2.75, 3.05) is 40.3 Å². The fourth-order valence-electron chi connectivity index (χ4n) is 5.22. The number of benzene rings is 1. The maximum Gasteiger partial charge on any atom is 0.252 e. The van der Waals surface area contributed by atoms with Crippen molar-refractivity contribution < 1.29 is 14.3 Å². The molecule has 2 N–H and O–H groups in total. The number of rotatable bonds is 6. The van der Waals surface area contributed by atoms with Crippen molar-refractivity contribution in [2.45, 2.75) is 44.8 Å². The van der Waals surface area contributed by atoms with Gasteiger partial charge in [-0.25, -0.2) is 0 Å². The molecule has 2 aromatic rings. The minimum absolute atomic E-state index is 0.0459. The minimum atomic E-state index is -0.702. The summed E-state index contributed by atoms with van der Waals surface area (Å²) < 4.78 is 5.47. The van der Waals surface area contributed by atoms with Crippen LogP contribution in [0.1, 0.15) is 43.0 Å². The number of nitrogens with one attached hydrogen (secondary N) is 2. The Hall–Kier alpha value is -2.38. The Kier molecular flexibility index (Phi) is 7.16. The average molecular weight is 441 g/mol. The first-order valence-corrected chi connectivity index (χ1v) is 11.8. The maximum atomic E-state index is 13.4. The molecule has 1 aromatic heterocycles. The van der Waals surface area contributed by atoms with E-state index < -0.39 is 12.1 Å². The van der Waals surface area contributed by atoms with Crippen LogP contribution in [0, 0.1) is 11.8 Å². The molecule has 0 aliphatic carbocycles. The SMILES string of the molecule is CO[C@@H](C)[C@@H](NC(=O)c1ccc2cc[nH]c2c1)C(=O)N1CCC(C2CCN(C)CC2)CC1. The van der Waals surface area contributed by atoms with Crippen LogP contribution in [0.2, 0.25) is 0 Å². The highest BCUT2D eigenvalue weighted by atomic mass is 16.5. The number of hydrogen-bond donors (Lipinski definition) is 2. The van der Waals surface area contributed by atoms with Gasteiger partial charge in [-0.2, -0.15) is 0 Å². The summed E-state index contributed by atoms with van der Waals surface area (Å²) in [7, 11) is 3.77. The number of aromatic nitrogens is 1. The van der Waals surface area contributed by atoms with Crippen molar-refractivity contribution in [1.82, 2.24) is 20.1 Å². The summed E-state index contributed by atoms with van der Waals surface area (Å²) in [5.74, 6) is 1.17. The molecule has 7 nitrogen and oxygen atoms in total. The molecule has 2 atom stereocenters. The van der Waals surface area contributed by atoms with E-state index in [1.54, 1.807) is 13.2 Å². The van der Waals surface area contributed by atoms with Crippen molar-refractivity contribution in [2.24, 2.45) is 11.8 Å². The number of methoxy groups -OCH3 is 1. The number of carbonyl (C=O) groups excluding carboxylic acids is 2. The number of fused-ring (bicyclic) bond motifs is 1. The fourth-order valence-corrected chi connectivity index (χ4v) is 5.22. The van der Waals surface area contributed by atoms with Gasteiger partial charge in [-0.3, -0.25) is 9.59 Å². The molecule has 2 aliphatic rings. The molecule has 2 amide bonds. The van der Waals surface area contributed by atoms with E-state index in [0.29, 0.717) is 11.5 Å². The zero-order chi connectivity index (χ0) is 22.7. The quantitative estimate of drug-likeness (QED) is 0.724. The van der Waals surface area contributed by atoms with E-state index in [0.717, 1.165) is 42.8 Å². The molecule has 174 valence electrons. The van der Waals surface area contributed by atoms with Gasteiger partial charge in [-0.15, -0.1) is 0 Å². The van der Waals surface area contributed by atoms with Crippen LogP contribution < -0.4 is 5.32 Å². The molecule has 4 rings (SSSR count). The molecule has 0 saturated carbocycles. The first kappa shape index (κ1) is 22.8. The topological polar surface area (TPSA) is 77.7 Å². The highest BCUT2D eigenvalue weighted by Crippen LogP contribution is 2.32. The molecule has 0 spiro atoms. The Morgan fingerprint density at radius 3 is 2.38 bits per heavy atom. The zero-order valence-corrected chi connectivity index (χ0v) is 19.5. The van der Waals surface area contributed by atoms with Crippen LogP contribution >= 0.6 is 0 Å². The molecule has 2 saturated heterocycles. The van der Waals surface area contributed by atoms with Crippen LogP contribution in [-0.4, -0.2) is 79.1 Å². The normalized spacial score (nSPS) is 20.9. The molecular formula is C25H36N4O3. The van der Waals surface area contributed by atoms with Crippen molar-refractivity contribution in [3.63, 3.8) is 0 Å². The number of amides is 2. The Balaban J connectivity index is 1.38. The number of hydrogen-bond acceptors (Lipinski definition) is 4. The van der Waals surface area contributed by atoms with Gasteiger partial charge < -0.3 is 24.8 Å². The fraction of sp³-hybridized carbons (Fsp3) is 0.600. The second-order valence-corrected chi connectivity index (χ2v) is 9.48. The number of ether oxygens (including phenoxy) is 1. The van der Waals surface area contributed by atoms with Gasteiger partial charge in [0.1, 0.15) is 6.04 Å². The summed E-state index contributed by atoms with van der Waals surface area (Å²) in [4.78, 5) is 33.8. The standard InChI is InChI=1S/C25H36N4O3/c1-17(32-3)23(27-24(30)21-5-4-20-6-11-26-22(20)16-21)25(31)29-14-9-19(10-15-29)18-7-12-28(2)13-8-18/h4-6,11,16-19,23,26H,7-10,12-15H2,1-3H3,(H,27,30)/t17-,23+/m0/s1. The largest absolute Gasteiger partial charge is 0.379 e. The smallest absolute Gasteiger partial charge is 0.252 e. The number of likely N-dealkylation sites (tertiary alicyclic amines) is 2. The van der Waals surface area contributed by atoms with Gasteiger partial charge in [0.25, 0.3) is 5.91 Å². The van der Waals surface area contributed by atoms with Crippen LogP contribution in [0.25, 0.3) is 10.9 Å². The number of aromatic amines is 1. The van der Waals surface area contributed by atoms with Crippen LogP contribution in [0.3, 0.4) is 0 Å². The lowest BCUT2D eigenvalue weighted by Gasteiger charge is -2.40. The second-order valence-electron chi connectivity index (χ2n) is 9.48. The Morgan fingerprint density at radius 2 is 1.72 bits per heavy atom. The molecule has 0 radical (unpaired) electrons. The average Bonchev–Trinajstić information content (AvgIpc) is 3.30. The summed E-state index contributed by atoms with van der Waals surface area (Å²) in [6.45, 7) is 5.71. The minimum Gasteiger partial charge on any atom is -0.379 e. The predicted octanol–water partition coefficient (Wildman–Crippen LogP) is 2.88. The van der Waals surface area contributed by atoms with E-state index in [1.807, 2.05) is 36.2 Å². The zero-order valence-electron chi connectivity index (χ0n) is 19.5. The molecule has 0 unspecified atom stereocenters. The number of nitrogens with zero attached hydrogens (tertiary/aromatic N) is 2. The number of carbonyl (C=O) groups is 2. The molecule has 3 heterocycles. The number of H-pyrrole nitrogens is 1. The highest BCUT2D eigenvalue weighted by molar-refractivity contribution is 6.00. The first-order chi connectivity index (χ1) is 15.5. The third kappa shape index (κ3) is 4.99. The molecule has 2 fully saturated rings. The van der Waals surface area contributed by atoms with E-state index >= 15 is 0 Å². The number of piperidine rings is 2.